The van der Waals surface area contributed by atoms with Crippen LogP contribution < -0.4 is 5.32 Å². The lowest BCUT2D eigenvalue weighted by molar-refractivity contribution is -0.161. The van der Waals surface area contributed by atoms with E-state index in [1.807, 2.05) is 0 Å². The molecule has 2 aliphatic carbocycles. The van der Waals surface area contributed by atoms with Crippen LogP contribution in [0.1, 0.15) is 58.8 Å². The zero-order chi connectivity index (χ0) is 14.0. The second-order valence-electron chi connectivity index (χ2n) is 6.31. The van der Waals surface area contributed by atoms with E-state index in [2.05, 4.69) is 12.2 Å². The zero-order valence-corrected chi connectivity index (χ0v) is 11.9. The molecule has 0 saturated heterocycles. The highest BCUT2D eigenvalue weighted by Gasteiger charge is 2.51. The van der Waals surface area contributed by atoms with Crippen molar-refractivity contribution in [2.75, 3.05) is 0 Å². The Bertz CT molecular complexity index is 364. The van der Waals surface area contributed by atoms with Crippen molar-refractivity contribution < 1.29 is 14.7 Å². The summed E-state index contributed by atoms with van der Waals surface area (Å²) in [5, 5.41) is 12.5. The van der Waals surface area contributed by atoms with Crippen LogP contribution in [-0.4, -0.2) is 23.0 Å². The molecule has 108 valence electrons. The number of amides is 1. The van der Waals surface area contributed by atoms with Gasteiger partial charge in [-0.1, -0.05) is 32.6 Å². The molecule has 3 unspecified atom stereocenters. The second kappa shape index (κ2) is 5.51. The third-order valence-electron chi connectivity index (χ3n) is 5.00. The molecule has 4 heteroatoms. The fourth-order valence-corrected chi connectivity index (χ4v) is 3.44. The molecule has 0 aromatic heterocycles. The molecule has 0 aromatic rings. The van der Waals surface area contributed by atoms with E-state index in [9.17, 15) is 14.7 Å². The summed E-state index contributed by atoms with van der Waals surface area (Å²) in [4.78, 5) is 24.2. The first kappa shape index (κ1) is 14.4. The lowest BCUT2D eigenvalue weighted by atomic mass is 9.63. The number of nitrogens with one attached hydrogen (secondary N) is 1. The maximum absolute atomic E-state index is 12.4. The van der Waals surface area contributed by atoms with Gasteiger partial charge in [0.2, 0.25) is 5.91 Å². The summed E-state index contributed by atoms with van der Waals surface area (Å²) in [5.41, 5.74) is -1.26. The Balaban J connectivity index is 2.20. The molecular formula is C15H25NO3. The highest BCUT2D eigenvalue weighted by molar-refractivity contribution is 6.02. The molecule has 2 rings (SSSR count). The maximum atomic E-state index is 12.4. The number of carboxylic acids is 1. The average molecular weight is 267 g/mol. The van der Waals surface area contributed by atoms with E-state index in [0.29, 0.717) is 5.92 Å². The predicted octanol–water partition coefficient (Wildman–Crippen LogP) is 2.57. The molecule has 2 fully saturated rings. The number of carbonyl (C=O) groups is 2. The first-order chi connectivity index (χ1) is 9.00. The highest BCUT2D eigenvalue weighted by Crippen LogP contribution is 2.44. The SMILES string of the molecule is CCC1CCCCC1C(C)(C(=O)O)C(=O)NC1CC1. The van der Waals surface area contributed by atoms with Crippen LogP contribution >= 0.6 is 0 Å². The molecule has 0 spiro atoms. The normalized spacial score (nSPS) is 30.4. The Hall–Kier alpha value is -1.06. The number of carbonyl (C=O) groups excluding carboxylic acids is 1. The molecular weight excluding hydrogens is 242 g/mol. The van der Waals surface area contributed by atoms with Crippen LogP contribution in [0.15, 0.2) is 0 Å². The van der Waals surface area contributed by atoms with Crippen molar-refractivity contribution in [3.63, 3.8) is 0 Å². The van der Waals surface area contributed by atoms with E-state index >= 15 is 0 Å². The summed E-state index contributed by atoms with van der Waals surface area (Å²) < 4.78 is 0. The van der Waals surface area contributed by atoms with E-state index in [1.54, 1.807) is 6.92 Å². The molecule has 0 aliphatic heterocycles. The Kier molecular flexibility index (Phi) is 4.16. The fraction of sp³-hybridized carbons (Fsp3) is 0.867. The van der Waals surface area contributed by atoms with E-state index in [1.165, 1.54) is 0 Å². The number of hydrogen-bond donors (Lipinski definition) is 2. The van der Waals surface area contributed by atoms with Gasteiger partial charge in [0.1, 0.15) is 5.41 Å². The Morgan fingerprint density at radius 2 is 1.84 bits per heavy atom. The van der Waals surface area contributed by atoms with E-state index < -0.39 is 11.4 Å². The summed E-state index contributed by atoms with van der Waals surface area (Å²) in [5.74, 6) is -0.897. The summed E-state index contributed by atoms with van der Waals surface area (Å²) in [7, 11) is 0. The van der Waals surface area contributed by atoms with Gasteiger partial charge < -0.3 is 10.4 Å². The van der Waals surface area contributed by atoms with Gasteiger partial charge in [0.25, 0.3) is 0 Å². The standard InChI is InChI=1S/C15H25NO3/c1-3-10-6-4-5-7-12(10)15(2,14(18)19)13(17)16-11-8-9-11/h10-12H,3-9H2,1-2H3,(H,16,17)(H,18,19). The van der Waals surface area contributed by atoms with Gasteiger partial charge in [-0.25, -0.2) is 0 Å². The molecule has 0 heterocycles. The summed E-state index contributed by atoms with van der Waals surface area (Å²) >= 11 is 0. The number of aliphatic carboxylic acids is 1. The quantitative estimate of drug-likeness (QED) is 0.752. The Morgan fingerprint density at radius 3 is 2.37 bits per heavy atom. The molecule has 1 amide bonds. The van der Waals surface area contributed by atoms with Crippen LogP contribution in [0.3, 0.4) is 0 Å². The molecule has 4 nitrogen and oxygen atoms in total. The van der Waals surface area contributed by atoms with E-state index in [4.69, 9.17) is 0 Å². The van der Waals surface area contributed by atoms with Crippen molar-refractivity contribution >= 4 is 11.9 Å². The first-order valence-corrected chi connectivity index (χ1v) is 7.54. The van der Waals surface area contributed by atoms with Crippen molar-refractivity contribution in [2.45, 2.75) is 64.8 Å². The number of carboxylic acid groups (broad SMARTS) is 1. The number of rotatable bonds is 5. The third kappa shape index (κ3) is 2.77. The van der Waals surface area contributed by atoms with Gasteiger partial charge in [-0.2, -0.15) is 0 Å². The minimum atomic E-state index is -1.26. The van der Waals surface area contributed by atoms with Gasteiger partial charge in [0, 0.05) is 6.04 Å². The van der Waals surface area contributed by atoms with Crippen LogP contribution in [0.2, 0.25) is 0 Å². The summed E-state index contributed by atoms with van der Waals surface area (Å²) in [6, 6.07) is 0.217. The zero-order valence-electron chi connectivity index (χ0n) is 11.9. The molecule has 3 atom stereocenters. The largest absolute Gasteiger partial charge is 0.480 e. The van der Waals surface area contributed by atoms with Gasteiger partial charge in [-0.15, -0.1) is 0 Å². The van der Waals surface area contributed by atoms with Gasteiger partial charge in [0.15, 0.2) is 0 Å². The van der Waals surface area contributed by atoms with Gasteiger partial charge in [-0.3, -0.25) is 9.59 Å². The van der Waals surface area contributed by atoms with E-state index in [0.717, 1.165) is 44.9 Å². The van der Waals surface area contributed by atoms with Crippen molar-refractivity contribution in [3.8, 4) is 0 Å². The van der Waals surface area contributed by atoms with Crippen molar-refractivity contribution in [3.05, 3.63) is 0 Å². The Morgan fingerprint density at radius 1 is 1.21 bits per heavy atom. The maximum Gasteiger partial charge on any atom is 0.319 e. The predicted molar refractivity (Wildman–Crippen MR) is 72.6 cm³/mol. The molecule has 2 aliphatic rings. The molecule has 2 saturated carbocycles. The van der Waals surface area contributed by atoms with Gasteiger partial charge >= 0.3 is 5.97 Å². The highest BCUT2D eigenvalue weighted by atomic mass is 16.4. The monoisotopic (exact) mass is 267 g/mol. The summed E-state index contributed by atoms with van der Waals surface area (Å²) in [6.45, 7) is 3.73. The lowest BCUT2D eigenvalue weighted by Crippen LogP contribution is -2.52. The minimum absolute atomic E-state index is 0.0255. The van der Waals surface area contributed by atoms with Crippen molar-refractivity contribution in [1.82, 2.24) is 5.32 Å². The number of hydrogen-bond acceptors (Lipinski definition) is 2. The second-order valence-corrected chi connectivity index (χ2v) is 6.31. The van der Waals surface area contributed by atoms with Crippen LogP contribution in [0.5, 0.6) is 0 Å². The van der Waals surface area contributed by atoms with Crippen LogP contribution in [0.25, 0.3) is 0 Å². The molecule has 0 radical (unpaired) electrons. The van der Waals surface area contributed by atoms with Crippen molar-refractivity contribution in [1.29, 1.82) is 0 Å². The van der Waals surface area contributed by atoms with Crippen molar-refractivity contribution in [2.24, 2.45) is 17.3 Å². The smallest absolute Gasteiger partial charge is 0.319 e. The minimum Gasteiger partial charge on any atom is -0.480 e. The molecule has 0 bridgehead atoms. The average Bonchev–Trinajstić information content (AvgIpc) is 3.21. The van der Waals surface area contributed by atoms with Crippen LogP contribution in [0.4, 0.5) is 0 Å². The lowest BCUT2D eigenvalue weighted by Gasteiger charge is -2.40. The van der Waals surface area contributed by atoms with E-state index in [-0.39, 0.29) is 17.9 Å². The first-order valence-electron chi connectivity index (χ1n) is 7.54. The molecule has 19 heavy (non-hydrogen) atoms. The molecule has 0 aromatic carbocycles. The molecule has 2 N–H and O–H groups in total. The Labute approximate surface area is 115 Å². The fourth-order valence-electron chi connectivity index (χ4n) is 3.44. The third-order valence-corrected chi connectivity index (χ3v) is 5.00. The topological polar surface area (TPSA) is 66.4 Å². The summed E-state index contributed by atoms with van der Waals surface area (Å²) in [6.07, 6.45) is 7.06. The van der Waals surface area contributed by atoms with Crippen LogP contribution in [0, 0.1) is 17.3 Å². The van der Waals surface area contributed by atoms with Gasteiger partial charge in [-0.05, 0) is 38.0 Å². The van der Waals surface area contributed by atoms with Gasteiger partial charge in [0.05, 0.1) is 0 Å². The van der Waals surface area contributed by atoms with Crippen LogP contribution in [-0.2, 0) is 9.59 Å².